The number of aromatic amines is 1. The van der Waals surface area contributed by atoms with Crippen LogP contribution in [0.1, 0.15) is 12.6 Å². The number of phosphoric acid groups is 1. The van der Waals surface area contributed by atoms with Crippen LogP contribution in [-0.4, -0.2) is 72.7 Å². The topological polar surface area (TPSA) is 253 Å². The van der Waals surface area contributed by atoms with E-state index in [4.69, 9.17) is 14.6 Å². The summed E-state index contributed by atoms with van der Waals surface area (Å²) in [7, 11) is -10.1. The van der Waals surface area contributed by atoms with E-state index < -0.39 is 82.5 Å². The number of nitrogens with zero attached hydrogens (tertiary/aromatic N) is 1. The van der Waals surface area contributed by atoms with Gasteiger partial charge < -0.3 is 29.5 Å². The van der Waals surface area contributed by atoms with Crippen molar-refractivity contribution in [2.45, 2.75) is 31.0 Å². The number of hydrogen-bond acceptors (Lipinski definition) is 11. The molecule has 19 heteroatoms. The van der Waals surface area contributed by atoms with E-state index in [9.17, 15) is 43.2 Å². The van der Waals surface area contributed by atoms with E-state index in [0.717, 1.165) is 16.8 Å². The second kappa shape index (κ2) is 12.1. The van der Waals surface area contributed by atoms with Gasteiger partial charge in [-0.25, -0.2) is 18.5 Å². The van der Waals surface area contributed by atoms with Crippen molar-refractivity contribution in [2.24, 2.45) is 0 Å². The molecule has 2 heterocycles. The molecule has 0 saturated carbocycles. The molecule has 3 rings (SSSR count). The number of carbonyl (C=O) groups excluding carboxylic acids is 1. The standard InChI is InChI=1S/C19H23N3O14P2/c23-13-6-8-22(18(27)21-13)17-16(35-19(28)20-11-4-2-1-3-5-11)15(26)12(34-17)10-33-38(31,32)36-37(29,30)9-7-14(24)25/h1-6,8,12,15-17,26H,7,9-10H2,(H,20,28)(H,24,25)(H,29,30)(H,31,32)(H,21,23,27)/t12-,15?,16+,17-/m1/s1. The summed E-state index contributed by atoms with van der Waals surface area (Å²) in [5.74, 6) is -1.45. The first-order chi connectivity index (χ1) is 17.8. The van der Waals surface area contributed by atoms with Gasteiger partial charge in [0.25, 0.3) is 5.56 Å². The zero-order chi connectivity index (χ0) is 28.1. The Kier molecular flexibility index (Phi) is 9.40. The number of anilines is 1. The van der Waals surface area contributed by atoms with Crippen LogP contribution in [-0.2, 0) is 32.2 Å². The largest absolute Gasteiger partial charge is 0.481 e. The Morgan fingerprint density at radius 1 is 1.13 bits per heavy atom. The Morgan fingerprint density at radius 2 is 1.82 bits per heavy atom. The lowest BCUT2D eigenvalue weighted by atomic mass is 10.1. The number of ether oxygens (including phenoxy) is 2. The monoisotopic (exact) mass is 579 g/mol. The third-order valence-electron chi connectivity index (χ3n) is 4.94. The molecule has 1 saturated heterocycles. The first kappa shape index (κ1) is 29.4. The Morgan fingerprint density at radius 3 is 2.45 bits per heavy atom. The third-order valence-corrected chi connectivity index (χ3v) is 8.05. The molecule has 0 bridgehead atoms. The highest BCUT2D eigenvalue weighted by Gasteiger charge is 2.49. The number of phosphoric ester groups is 1. The maximum Gasteiger partial charge on any atom is 0.479 e. The van der Waals surface area contributed by atoms with Crippen LogP contribution in [0.3, 0.4) is 0 Å². The summed E-state index contributed by atoms with van der Waals surface area (Å²) in [5.41, 5.74) is -1.42. The predicted octanol–water partition coefficient (Wildman–Crippen LogP) is 0.206. The molecule has 6 N–H and O–H groups in total. The fourth-order valence-electron chi connectivity index (χ4n) is 3.26. The minimum atomic E-state index is -5.29. The van der Waals surface area contributed by atoms with Gasteiger partial charge in [0.1, 0.15) is 12.2 Å². The number of aliphatic hydroxyl groups is 1. The number of nitrogens with one attached hydrogen (secondary N) is 2. The van der Waals surface area contributed by atoms with Crippen molar-refractivity contribution in [1.29, 1.82) is 0 Å². The molecule has 3 unspecified atom stereocenters. The Balaban J connectivity index is 1.75. The summed E-state index contributed by atoms with van der Waals surface area (Å²) in [5, 5.41) is 21.7. The van der Waals surface area contributed by atoms with E-state index in [1.165, 1.54) is 0 Å². The van der Waals surface area contributed by atoms with E-state index in [1.807, 2.05) is 4.98 Å². The molecular weight excluding hydrogens is 556 g/mol. The molecule has 6 atom stereocenters. The van der Waals surface area contributed by atoms with Crippen molar-refractivity contribution in [1.82, 2.24) is 9.55 Å². The number of carboxylic acids is 1. The molecule has 17 nitrogen and oxygen atoms in total. The number of hydrogen-bond donors (Lipinski definition) is 6. The quantitative estimate of drug-likeness (QED) is 0.195. The maximum atomic E-state index is 12.4. The fraction of sp³-hybridized carbons (Fsp3) is 0.368. The second-order valence-electron chi connectivity index (χ2n) is 7.78. The fourth-order valence-corrected chi connectivity index (χ4v) is 5.87. The van der Waals surface area contributed by atoms with Gasteiger partial charge in [-0.2, -0.15) is 0 Å². The molecule has 38 heavy (non-hydrogen) atoms. The SMILES string of the molecule is O=C(O)CCP(=O)(O)OP(=O)(O)OC[C@H]1O[C@@H](n2ccc(=O)[nH]c2=O)[C@@H](OC(=O)Nc2ccccc2)C1O. The Bertz CT molecular complexity index is 1360. The molecule has 208 valence electrons. The number of amides is 1. The van der Waals surface area contributed by atoms with Gasteiger partial charge in [0.15, 0.2) is 12.3 Å². The van der Waals surface area contributed by atoms with E-state index >= 15 is 0 Å². The molecule has 1 amide bonds. The van der Waals surface area contributed by atoms with Crippen molar-refractivity contribution in [3.8, 4) is 0 Å². The van der Waals surface area contributed by atoms with Crippen molar-refractivity contribution in [3.63, 3.8) is 0 Å². The number of aliphatic hydroxyl groups excluding tert-OH is 1. The highest BCUT2D eigenvalue weighted by atomic mass is 31.3. The van der Waals surface area contributed by atoms with Crippen molar-refractivity contribution in [2.75, 3.05) is 18.1 Å². The smallest absolute Gasteiger partial charge is 0.479 e. The van der Waals surface area contributed by atoms with Crippen molar-refractivity contribution in [3.05, 3.63) is 63.4 Å². The van der Waals surface area contributed by atoms with Gasteiger partial charge in [-0.1, -0.05) is 18.2 Å². The van der Waals surface area contributed by atoms with Gasteiger partial charge in [-0.15, -0.1) is 0 Å². The summed E-state index contributed by atoms with van der Waals surface area (Å²) in [6.07, 6.45) is -8.40. The predicted molar refractivity (Wildman–Crippen MR) is 125 cm³/mol. The number of rotatable bonds is 11. The number of aliphatic carboxylic acids is 1. The molecule has 1 aromatic carbocycles. The van der Waals surface area contributed by atoms with Crippen molar-refractivity contribution < 1.29 is 57.0 Å². The lowest BCUT2D eigenvalue weighted by molar-refractivity contribution is -0.136. The highest BCUT2D eigenvalue weighted by molar-refractivity contribution is 7.64. The van der Waals surface area contributed by atoms with E-state index in [1.54, 1.807) is 30.3 Å². The van der Waals surface area contributed by atoms with Crippen LogP contribution in [0.2, 0.25) is 0 Å². The van der Waals surface area contributed by atoms with Crippen LogP contribution < -0.4 is 16.6 Å². The number of benzene rings is 1. The number of carbonyl (C=O) groups is 2. The van der Waals surface area contributed by atoms with Gasteiger partial charge in [0, 0.05) is 18.0 Å². The van der Waals surface area contributed by atoms with Gasteiger partial charge in [-0.05, 0) is 12.1 Å². The van der Waals surface area contributed by atoms with Crippen LogP contribution in [0.4, 0.5) is 10.5 Å². The van der Waals surface area contributed by atoms with Crippen LogP contribution in [0.15, 0.2) is 52.2 Å². The third kappa shape index (κ3) is 8.18. The normalized spacial score (nSPS) is 24.2. The van der Waals surface area contributed by atoms with Crippen LogP contribution in [0.25, 0.3) is 0 Å². The summed E-state index contributed by atoms with van der Waals surface area (Å²) in [6, 6.07) is 8.98. The molecule has 1 aliphatic rings. The van der Waals surface area contributed by atoms with Gasteiger partial charge in [0.2, 0.25) is 0 Å². The van der Waals surface area contributed by atoms with Crippen LogP contribution >= 0.6 is 15.4 Å². The minimum absolute atomic E-state index is 0.332. The van der Waals surface area contributed by atoms with Crippen LogP contribution in [0, 0.1) is 0 Å². The number of aromatic nitrogens is 2. The lowest BCUT2D eigenvalue weighted by Gasteiger charge is -2.22. The molecule has 1 aliphatic heterocycles. The summed E-state index contributed by atoms with van der Waals surface area (Å²) in [6.45, 7) is -0.970. The lowest BCUT2D eigenvalue weighted by Crippen LogP contribution is -2.41. The Hall–Kier alpha value is -3.14. The molecule has 0 aliphatic carbocycles. The summed E-state index contributed by atoms with van der Waals surface area (Å²) in [4.78, 5) is 68.1. The van der Waals surface area contributed by atoms with Gasteiger partial charge in [-0.3, -0.25) is 33.5 Å². The Labute approximate surface area is 212 Å². The first-order valence-corrected chi connectivity index (χ1v) is 13.9. The van der Waals surface area contributed by atoms with E-state index in [0.29, 0.717) is 5.69 Å². The maximum absolute atomic E-state index is 12.4. The zero-order valence-corrected chi connectivity index (χ0v) is 21.0. The minimum Gasteiger partial charge on any atom is -0.481 e. The number of para-hydroxylation sites is 1. The molecular formula is C19H23N3O14P2. The molecule has 1 aromatic heterocycles. The van der Waals surface area contributed by atoms with Crippen LogP contribution in [0.5, 0.6) is 0 Å². The summed E-state index contributed by atoms with van der Waals surface area (Å²) >= 11 is 0. The van der Waals surface area contributed by atoms with E-state index in [-0.39, 0.29) is 0 Å². The average molecular weight is 579 g/mol. The molecule has 1 fully saturated rings. The van der Waals surface area contributed by atoms with E-state index in [2.05, 4.69) is 14.2 Å². The number of H-pyrrole nitrogens is 1. The molecule has 0 spiro atoms. The van der Waals surface area contributed by atoms with Gasteiger partial charge in [0.05, 0.1) is 19.2 Å². The average Bonchev–Trinajstić information content (AvgIpc) is 3.11. The number of carboxylic acid groups (broad SMARTS) is 1. The van der Waals surface area contributed by atoms with Gasteiger partial charge >= 0.3 is 33.2 Å². The molecule has 0 radical (unpaired) electrons. The molecule has 2 aromatic rings. The zero-order valence-electron chi connectivity index (χ0n) is 19.2. The first-order valence-electron chi connectivity index (χ1n) is 10.7. The summed E-state index contributed by atoms with van der Waals surface area (Å²) < 4.78 is 44.4. The second-order valence-corrected chi connectivity index (χ2v) is 11.4. The highest BCUT2D eigenvalue weighted by Crippen LogP contribution is 2.60. The van der Waals surface area contributed by atoms with Crippen molar-refractivity contribution >= 4 is 33.2 Å².